The van der Waals surface area contributed by atoms with Gasteiger partial charge in [-0.05, 0) is 61.0 Å². The standard InChI is InChI=1S/C27H42N4O4/c1-18(25(33)29-12-13-31-14-16-35-17-15-31)21-4-8-27(3)9-5-22(19(2)23(27)24(21)32)30-26(34)20-6-10-28-11-7-20/h6-7,10-11,18-19,21-24,32H,4-5,8-9,12-17H2,1-3H3,(H,29,33)(H,30,34)/t18-,19-,21+,22-,23+,24-,27+/m0/s1. The molecule has 2 heterocycles. The van der Waals surface area contributed by atoms with Crippen molar-refractivity contribution >= 4 is 11.8 Å². The van der Waals surface area contributed by atoms with Crippen LogP contribution in [0, 0.1) is 29.1 Å². The van der Waals surface area contributed by atoms with Gasteiger partial charge in [-0.3, -0.25) is 19.5 Å². The Morgan fingerprint density at radius 1 is 1.23 bits per heavy atom. The molecule has 2 amide bonds. The van der Waals surface area contributed by atoms with Crippen LogP contribution in [0.15, 0.2) is 24.5 Å². The third-order valence-corrected chi connectivity index (χ3v) is 9.03. The third-order valence-electron chi connectivity index (χ3n) is 9.03. The molecule has 35 heavy (non-hydrogen) atoms. The Bertz CT molecular complexity index is 862. The topological polar surface area (TPSA) is 104 Å². The number of hydrogen-bond donors (Lipinski definition) is 3. The number of amides is 2. The smallest absolute Gasteiger partial charge is 0.251 e. The van der Waals surface area contributed by atoms with E-state index in [0.717, 1.165) is 58.5 Å². The zero-order valence-electron chi connectivity index (χ0n) is 21.4. The molecule has 0 radical (unpaired) electrons. The van der Waals surface area contributed by atoms with Crippen molar-refractivity contribution in [1.82, 2.24) is 20.5 Å². The summed E-state index contributed by atoms with van der Waals surface area (Å²) in [5.74, 6) is -0.235. The number of morpholine rings is 1. The van der Waals surface area contributed by atoms with E-state index < -0.39 is 6.10 Å². The van der Waals surface area contributed by atoms with E-state index in [1.165, 1.54) is 0 Å². The van der Waals surface area contributed by atoms with E-state index in [2.05, 4.69) is 34.4 Å². The Morgan fingerprint density at radius 3 is 2.63 bits per heavy atom. The van der Waals surface area contributed by atoms with Crippen LogP contribution in [-0.4, -0.2) is 78.3 Å². The minimum absolute atomic E-state index is 0.000189. The molecule has 1 saturated heterocycles. The maximum Gasteiger partial charge on any atom is 0.251 e. The highest BCUT2D eigenvalue weighted by molar-refractivity contribution is 5.94. The monoisotopic (exact) mass is 486 g/mol. The Hall–Kier alpha value is -2.03. The van der Waals surface area contributed by atoms with Crippen molar-refractivity contribution in [1.29, 1.82) is 0 Å². The van der Waals surface area contributed by atoms with E-state index in [-0.39, 0.29) is 46.9 Å². The second kappa shape index (κ2) is 11.4. The Labute approximate surface area is 209 Å². The zero-order valence-corrected chi connectivity index (χ0v) is 21.4. The van der Waals surface area contributed by atoms with Gasteiger partial charge < -0.3 is 20.5 Å². The molecular formula is C27H42N4O4. The van der Waals surface area contributed by atoms with Crippen LogP contribution >= 0.6 is 0 Å². The van der Waals surface area contributed by atoms with Crippen molar-refractivity contribution in [2.45, 2.75) is 58.6 Å². The number of pyridine rings is 1. The van der Waals surface area contributed by atoms with Gasteiger partial charge in [0.1, 0.15) is 0 Å². The molecule has 0 aromatic carbocycles. The van der Waals surface area contributed by atoms with Crippen LogP contribution < -0.4 is 10.6 Å². The minimum atomic E-state index is -0.565. The second-order valence-corrected chi connectivity index (χ2v) is 11.1. The number of carbonyl (C=O) groups excluding carboxylic acids is 2. The SMILES string of the molecule is C[C@@H]1[C@@H]2[C@@H](O)[C@@H]([C@H](C)C(=O)NCCN3CCOCC3)CC[C@]2(C)CC[C@@H]1NC(=O)c1ccncc1. The summed E-state index contributed by atoms with van der Waals surface area (Å²) in [4.78, 5) is 32.1. The van der Waals surface area contributed by atoms with Gasteiger partial charge in [0.2, 0.25) is 5.91 Å². The number of carbonyl (C=O) groups is 2. The summed E-state index contributed by atoms with van der Waals surface area (Å²) >= 11 is 0. The molecule has 0 unspecified atom stereocenters. The molecule has 3 N–H and O–H groups in total. The number of nitrogens with one attached hydrogen (secondary N) is 2. The summed E-state index contributed by atoms with van der Waals surface area (Å²) in [6, 6.07) is 3.44. The highest BCUT2D eigenvalue weighted by Gasteiger charge is 2.53. The van der Waals surface area contributed by atoms with Crippen molar-refractivity contribution < 1.29 is 19.4 Å². The first-order valence-electron chi connectivity index (χ1n) is 13.3. The van der Waals surface area contributed by atoms with Crippen LogP contribution in [-0.2, 0) is 9.53 Å². The lowest BCUT2D eigenvalue weighted by Crippen LogP contribution is -2.58. The molecule has 8 nitrogen and oxygen atoms in total. The summed E-state index contributed by atoms with van der Waals surface area (Å²) in [6.45, 7) is 11.1. The lowest BCUT2D eigenvalue weighted by Gasteiger charge is -2.56. The lowest BCUT2D eigenvalue weighted by atomic mass is 9.51. The first-order valence-corrected chi connectivity index (χ1v) is 13.3. The predicted molar refractivity (Wildman–Crippen MR) is 134 cm³/mol. The molecule has 3 aliphatic rings. The van der Waals surface area contributed by atoms with E-state index in [1.54, 1.807) is 24.5 Å². The fourth-order valence-corrected chi connectivity index (χ4v) is 6.77. The Balaban J connectivity index is 1.36. The molecule has 194 valence electrons. The fraction of sp³-hybridized carbons (Fsp3) is 0.741. The molecular weight excluding hydrogens is 444 g/mol. The van der Waals surface area contributed by atoms with Crippen LogP contribution in [0.1, 0.15) is 56.8 Å². The molecule has 1 aromatic heterocycles. The van der Waals surface area contributed by atoms with E-state index in [1.807, 2.05) is 6.92 Å². The Morgan fingerprint density at radius 2 is 1.91 bits per heavy atom. The summed E-state index contributed by atoms with van der Waals surface area (Å²) in [6.07, 6.45) is 6.41. The van der Waals surface area contributed by atoms with Crippen LogP contribution in [0.5, 0.6) is 0 Å². The van der Waals surface area contributed by atoms with E-state index in [0.29, 0.717) is 12.1 Å². The van der Waals surface area contributed by atoms with Gasteiger partial charge in [-0.1, -0.05) is 20.8 Å². The largest absolute Gasteiger partial charge is 0.392 e. The maximum atomic E-state index is 13.0. The van der Waals surface area contributed by atoms with Gasteiger partial charge in [-0.15, -0.1) is 0 Å². The van der Waals surface area contributed by atoms with E-state index in [4.69, 9.17) is 4.74 Å². The van der Waals surface area contributed by atoms with Crippen molar-refractivity contribution in [3.8, 4) is 0 Å². The number of aliphatic hydroxyl groups is 1. The first-order chi connectivity index (χ1) is 16.8. The summed E-state index contributed by atoms with van der Waals surface area (Å²) in [5.41, 5.74) is 0.629. The number of aliphatic hydroxyl groups excluding tert-OH is 1. The number of rotatable bonds is 7. The summed E-state index contributed by atoms with van der Waals surface area (Å²) in [5, 5.41) is 17.9. The second-order valence-electron chi connectivity index (χ2n) is 11.1. The van der Waals surface area contributed by atoms with Crippen LogP contribution in [0.2, 0.25) is 0 Å². The summed E-state index contributed by atoms with van der Waals surface area (Å²) < 4.78 is 5.39. The minimum Gasteiger partial charge on any atom is -0.392 e. The maximum absolute atomic E-state index is 13.0. The quantitative estimate of drug-likeness (QED) is 0.545. The molecule has 8 heteroatoms. The zero-order chi connectivity index (χ0) is 25.0. The molecule has 7 atom stereocenters. The molecule has 4 rings (SSSR count). The molecule has 1 aliphatic heterocycles. The first kappa shape index (κ1) is 26.0. The van der Waals surface area contributed by atoms with Gasteiger partial charge in [0, 0.05) is 56.1 Å². The van der Waals surface area contributed by atoms with E-state index in [9.17, 15) is 14.7 Å². The van der Waals surface area contributed by atoms with Crippen molar-refractivity contribution in [3.05, 3.63) is 30.1 Å². The van der Waals surface area contributed by atoms with Crippen molar-refractivity contribution in [3.63, 3.8) is 0 Å². The number of hydrogen-bond acceptors (Lipinski definition) is 6. The molecule has 0 spiro atoms. The molecule has 1 aromatic rings. The number of fused-ring (bicyclic) bond motifs is 1. The van der Waals surface area contributed by atoms with Gasteiger partial charge >= 0.3 is 0 Å². The molecule has 3 fully saturated rings. The van der Waals surface area contributed by atoms with Gasteiger partial charge in [-0.2, -0.15) is 0 Å². The van der Waals surface area contributed by atoms with Crippen molar-refractivity contribution in [2.75, 3.05) is 39.4 Å². The third kappa shape index (κ3) is 5.87. The normalized spacial score (nSPS) is 34.5. The average Bonchev–Trinajstić information content (AvgIpc) is 2.86. The average molecular weight is 487 g/mol. The molecule has 2 saturated carbocycles. The lowest BCUT2D eigenvalue weighted by molar-refractivity contribution is -0.142. The molecule has 2 aliphatic carbocycles. The van der Waals surface area contributed by atoms with Crippen LogP contribution in [0.3, 0.4) is 0 Å². The number of ether oxygens (including phenoxy) is 1. The molecule has 0 bridgehead atoms. The van der Waals surface area contributed by atoms with Gasteiger partial charge in [0.15, 0.2) is 0 Å². The predicted octanol–water partition coefficient (Wildman–Crippen LogP) is 2.09. The van der Waals surface area contributed by atoms with Crippen LogP contribution in [0.4, 0.5) is 0 Å². The highest BCUT2D eigenvalue weighted by Crippen LogP contribution is 2.55. The van der Waals surface area contributed by atoms with Crippen LogP contribution in [0.25, 0.3) is 0 Å². The number of nitrogens with zero attached hydrogens (tertiary/aromatic N) is 2. The van der Waals surface area contributed by atoms with Gasteiger partial charge in [0.05, 0.1) is 19.3 Å². The Kier molecular flexibility index (Phi) is 8.45. The van der Waals surface area contributed by atoms with Crippen molar-refractivity contribution in [2.24, 2.45) is 29.1 Å². The fourth-order valence-electron chi connectivity index (χ4n) is 6.77. The highest BCUT2D eigenvalue weighted by atomic mass is 16.5. The summed E-state index contributed by atoms with van der Waals surface area (Å²) in [7, 11) is 0. The van der Waals surface area contributed by atoms with Gasteiger partial charge in [-0.25, -0.2) is 0 Å². The number of aromatic nitrogens is 1. The van der Waals surface area contributed by atoms with E-state index >= 15 is 0 Å². The van der Waals surface area contributed by atoms with Gasteiger partial charge in [0.25, 0.3) is 5.91 Å².